The summed E-state index contributed by atoms with van der Waals surface area (Å²) in [5.74, 6) is -0.0514. The predicted molar refractivity (Wildman–Crippen MR) is 55.3 cm³/mol. The minimum Gasteiger partial charge on any atom is -0.377 e. The molecule has 0 bridgehead atoms. The number of carbonyl (C=O) groups excluding carboxylic acids is 1. The lowest BCUT2D eigenvalue weighted by Crippen LogP contribution is -2.16. The monoisotopic (exact) mass is 193 g/mol. The van der Waals surface area contributed by atoms with Crippen LogP contribution in [0.5, 0.6) is 0 Å². The summed E-state index contributed by atoms with van der Waals surface area (Å²) in [6.45, 7) is 1.94. The van der Waals surface area contributed by atoms with Crippen LogP contribution in [-0.2, 0) is 4.74 Å². The first-order valence-electron chi connectivity index (χ1n) is 4.55. The van der Waals surface area contributed by atoms with Gasteiger partial charge in [-0.2, -0.15) is 0 Å². The second-order valence-electron chi connectivity index (χ2n) is 3.09. The van der Waals surface area contributed by atoms with Crippen LogP contribution in [0.3, 0.4) is 0 Å². The fourth-order valence-electron chi connectivity index (χ4n) is 1.34. The van der Waals surface area contributed by atoms with E-state index < -0.39 is 0 Å². The van der Waals surface area contributed by atoms with Crippen molar-refractivity contribution in [2.75, 3.05) is 13.7 Å². The molecule has 3 heteroatoms. The highest BCUT2D eigenvalue weighted by molar-refractivity contribution is 5.98. The smallest absolute Gasteiger partial charge is 0.176 e. The van der Waals surface area contributed by atoms with Crippen LogP contribution in [0.15, 0.2) is 24.3 Å². The second kappa shape index (κ2) is 4.88. The van der Waals surface area contributed by atoms with Crippen molar-refractivity contribution >= 4 is 5.78 Å². The lowest BCUT2D eigenvalue weighted by atomic mass is 10.00. The number of benzene rings is 1. The highest BCUT2D eigenvalue weighted by Crippen LogP contribution is 2.20. The predicted octanol–water partition coefficient (Wildman–Crippen LogP) is 1.54. The van der Waals surface area contributed by atoms with Gasteiger partial charge in [-0.05, 0) is 12.5 Å². The van der Waals surface area contributed by atoms with Gasteiger partial charge in [0.15, 0.2) is 5.78 Å². The van der Waals surface area contributed by atoms with Crippen LogP contribution >= 0.6 is 0 Å². The summed E-state index contributed by atoms with van der Waals surface area (Å²) >= 11 is 0. The molecule has 1 aromatic carbocycles. The van der Waals surface area contributed by atoms with Gasteiger partial charge < -0.3 is 10.5 Å². The molecule has 3 nitrogen and oxygen atoms in total. The maximum atomic E-state index is 11.5. The van der Waals surface area contributed by atoms with Gasteiger partial charge in [-0.15, -0.1) is 0 Å². The van der Waals surface area contributed by atoms with E-state index in [0.29, 0.717) is 5.56 Å². The van der Waals surface area contributed by atoms with Crippen molar-refractivity contribution in [1.29, 1.82) is 0 Å². The van der Waals surface area contributed by atoms with E-state index in [1.54, 1.807) is 13.2 Å². The van der Waals surface area contributed by atoms with Crippen molar-refractivity contribution in [3.05, 3.63) is 35.4 Å². The Morgan fingerprint density at radius 1 is 1.50 bits per heavy atom. The molecule has 14 heavy (non-hydrogen) atoms. The lowest BCUT2D eigenvalue weighted by Gasteiger charge is -2.13. The van der Waals surface area contributed by atoms with E-state index in [-0.39, 0.29) is 18.4 Å². The number of carbonyl (C=O) groups is 1. The molecule has 1 aromatic rings. The van der Waals surface area contributed by atoms with Crippen molar-refractivity contribution in [3.8, 4) is 0 Å². The van der Waals surface area contributed by atoms with Gasteiger partial charge in [0.25, 0.3) is 0 Å². The Morgan fingerprint density at radius 3 is 2.71 bits per heavy atom. The van der Waals surface area contributed by atoms with E-state index in [0.717, 1.165) is 5.56 Å². The molecule has 0 radical (unpaired) electrons. The topological polar surface area (TPSA) is 52.3 Å². The molecule has 0 aromatic heterocycles. The van der Waals surface area contributed by atoms with E-state index in [2.05, 4.69) is 0 Å². The van der Waals surface area contributed by atoms with Crippen LogP contribution in [0.2, 0.25) is 0 Å². The van der Waals surface area contributed by atoms with Gasteiger partial charge >= 0.3 is 0 Å². The molecule has 0 aliphatic carbocycles. The first-order valence-corrected chi connectivity index (χ1v) is 4.55. The Hall–Kier alpha value is -1.19. The average Bonchev–Trinajstić information content (AvgIpc) is 2.27. The molecule has 2 N–H and O–H groups in total. The Kier molecular flexibility index (Phi) is 3.80. The van der Waals surface area contributed by atoms with E-state index in [4.69, 9.17) is 10.5 Å². The largest absolute Gasteiger partial charge is 0.377 e. The maximum absolute atomic E-state index is 11.5. The fourth-order valence-corrected chi connectivity index (χ4v) is 1.34. The van der Waals surface area contributed by atoms with Gasteiger partial charge in [0.1, 0.15) is 0 Å². The van der Waals surface area contributed by atoms with Gasteiger partial charge in [-0.25, -0.2) is 0 Å². The number of hydrogen-bond donors (Lipinski definition) is 1. The zero-order valence-corrected chi connectivity index (χ0v) is 8.49. The van der Waals surface area contributed by atoms with Crippen molar-refractivity contribution < 1.29 is 9.53 Å². The molecule has 0 saturated heterocycles. The summed E-state index contributed by atoms with van der Waals surface area (Å²) in [5, 5.41) is 0. The van der Waals surface area contributed by atoms with Crippen LogP contribution < -0.4 is 5.73 Å². The molecular formula is C11H15NO2. The van der Waals surface area contributed by atoms with E-state index in [9.17, 15) is 4.79 Å². The van der Waals surface area contributed by atoms with Crippen molar-refractivity contribution in [2.45, 2.75) is 13.0 Å². The van der Waals surface area contributed by atoms with Gasteiger partial charge in [-0.3, -0.25) is 4.79 Å². The Bertz CT molecular complexity index is 323. The average molecular weight is 193 g/mol. The summed E-state index contributed by atoms with van der Waals surface area (Å²) in [5.41, 5.74) is 6.87. The quantitative estimate of drug-likeness (QED) is 0.738. The van der Waals surface area contributed by atoms with Crippen molar-refractivity contribution in [2.24, 2.45) is 5.73 Å². The molecule has 0 spiro atoms. The number of methoxy groups -OCH3 is 1. The summed E-state index contributed by atoms with van der Waals surface area (Å²) < 4.78 is 5.18. The summed E-state index contributed by atoms with van der Waals surface area (Å²) in [6, 6.07) is 7.38. The number of ether oxygens (including phenoxy) is 1. The van der Waals surface area contributed by atoms with Gasteiger partial charge in [0, 0.05) is 12.7 Å². The molecule has 76 valence electrons. The van der Waals surface area contributed by atoms with Crippen LogP contribution in [0.1, 0.15) is 28.9 Å². The SMILES string of the molecule is COC(C)c1ccccc1C(=O)CN. The van der Waals surface area contributed by atoms with E-state index >= 15 is 0 Å². The Balaban J connectivity index is 3.09. The Morgan fingerprint density at radius 2 is 2.14 bits per heavy atom. The first kappa shape index (κ1) is 10.9. The van der Waals surface area contributed by atoms with Crippen LogP contribution in [0.25, 0.3) is 0 Å². The summed E-state index contributed by atoms with van der Waals surface area (Å²) in [7, 11) is 1.62. The molecule has 1 rings (SSSR count). The normalized spacial score (nSPS) is 12.5. The number of ketones is 1. The minimum absolute atomic E-state index is 0.0352. The molecule has 0 saturated carbocycles. The maximum Gasteiger partial charge on any atom is 0.176 e. The number of rotatable bonds is 4. The molecule has 0 amide bonds. The minimum atomic E-state index is -0.0818. The van der Waals surface area contributed by atoms with Gasteiger partial charge in [0.2, 0.25) is 0 Å². The molecular weight excluding hydrogens is 178 g/mol. The first-order chi connectivity index (χ1) is 6.70. The van der Waals surface area contributed by atoms with Gasteiger partial charge in [0.05, 0.1) is 12.6 Å². The number of Topliss-reactive ketones (excluding diaryl/α,β-unsaturated/α-hetero) is 1. The second-order valence-corrected chi connectivity index (χ2v) is 3.09. The van der Waals surface area contributed by atoms with E-state index in [1.807, 2.05) is 25.1 Å². The molecule has 1 atom stereocenters. The lowest BCUT2D eigenvalue weighted by molar-refractivity contribution is 0.0978. The molecule has 0 fully saturated rings. The molecule has 0 heterocycles. The molecule has 0 aliphatic heterocycles. The van der Waals surface area contributed by atoms with Crippen molar-refractivity contribution in [3.63, 3.8) is 0 Å². The third kappa shape index (κ3) is 2.19. The number of nitrogens with two attached hydrogens (primary N) is 1. The summed E-state index contributed by atoms with van der Waals surface area (Å²) in [6.07, 6.45) is -0.0818. The highest BCUT2D eigenvalue weighted by Gasteiger charge is 2.13. The Labute approximate surface area is 83.9 Å². The standard InChI is InChI=1S/C11H15NO2/c1-8(14-2)9-5-3-4-6-10(9)11(13)7-12/h3-6,8H,7,12H2,1-2H3. The van der Waals surface area contributed by atoms with Crippen LogP contribution in [-0.4, -0.2) is 19.4 Å². The fraction of sp³-hybridized carbons (Fsp3) is 0.364. The zero-order chi connectivity index (χ0) is 10.6. The van der Waals surface area contributed by atoms with Crippen molar-refractivity contribution in [1.82, 2.24) is 0 Å². The molecule has 0 aliphatic rings. The molecule has 1 unspecified atom stereocenters. The van der Waals surface area contributed by atoms with Crippen LogP contribution in [0, 0.1) is 0 Å². The number of hydrogen-bond acceptors (Lipinski definition) is 3. The zero-order valence-electron chi connectivity index (χ0n) is 8.49. The van der Waals surface area contributed by atoms with Gasteiger partial charge in [-0.1, -0.05) is 24.3 Å². The third-order valence-corrected chi connectivity index (χ3v) is 2.24. The third-order valence-electron chi connectivity index (χ3n) is 2.24. The van der Waals surface area contributed by atoms with E-state index in [1.165, 1.54) is 0 Å². The summed E-state index contributed by atoms with van der Waals surface area (Å²) in [4.78, 5) is 11.5. The van der Waals surface area contributed by atoms with Crippen LogP contribution in [0.4, 0.5) is 0 Å². The highest BCUT2D eigenvalue weighted by atomic mass is 16.5.